The molecular formula is C20H16N4O3S. The van der Waals surface area contributed by atoms with Crippen LogP contribution in [-0.4, -0.2) is 39.1 Å². The number of thiazole rings is 1. The molecule has 0 radical (unpaired) electrons. The summed E-state index contributed by atoms with van der Waals surface area (Å²) in [7, 11) is 0. The van der Waals surface area contributed by atoms with Gasteiger partial charge in [0.05, 0.1) is 23.4 Å². The number of aryl methyl sites for hydroxylation is 1. The van der Waals surface area contributed by atoms with Gasteiger partial charge in [-0.05, 0) is 31.2 Å². The second-order valence-corrected chi connectivity index (χ2v) is 7.37. The van der Waals surface area contributed by atoms with E-state index in [4.69, 9.17) is 0 Å². The summed E-state index contributed by atoms with van der Waals surface area (Å²) >= 11 is 1.47. The standard InChI is InChI=1S/C20H16N4O3S/c1-12-16(28-18(23-12)13-5-4-8-21-9-13)10-22-17(25)11-24-19(26)14-6-2-3-7-15(14)20(24)27/h2-9H,10-11H2,1H3,(H,22,25). The highest BCUT2D eigenvalue weighted by atomic mass is 32.1. The Hall–Kier alpha value is -3.39. The first-order valence-corrected chi connectivity index (χ1v) is 9.45. The smallest absolute Gasteiger partial charge is 0.262 e. The quantitative estimate of drug-likeness (QED) is 0.673. The topological polar surface area (TPSA) is 92.3 Å². The van der Waals surface area contributed by atoms with Crippen molar-refractivity contribution in [2.45, 2.75) is 13.5 Å². The van der Waals surface area contributed by atoms with Gasteiger partial charge in [0.25, 0.3) is 11.8 Å². The van der Waals surface area contributed by atoms with E-state index in [-0.39, 0.29) is 13.1 Å². The van der Waals surface area contributed by atoms with E-state index < -0.39 is 17.7 Å². The summed E-state index contributed by atoms with van der Waals surface area (Å²) in [5, 5.41) is 3.60. The summed E-state index contributed by atoms with van der Waals surface area (Å²) in [5.74, 6) is -1.28. The molecule has 0 fully saturated rings. The fraction of sp³-hybridized carbons (Fsp3) is 0.150. The highest BCUT2D eigenvalue weighted by molar-refractivity contribution is 7.15. The van der Waals surface area contributed by atoms with Crippen LogP contribution in [0.4, 0.5) is 0 Å². The van der Waals surface area contributed by atoms with Crippen LogP contribution in [0.2, 0.25) is 0 Å². The number of fused-ring (bicyclic) bond motifs is 1. The molecule has 1 aromatic carbocycles. The molecule has 0 atom stereocenters. The minimum absolute atomic E-state index is 0.283. The molecule has 2 aromatic heterocycles. The van der Waals surface area contributed by atoms with E-state index >= 15 is 0 Å². The lowest BCUT2D eigenvalue weighted by atomic mass is 10.1. The summed E-state index contributed by atoms with van der Waals surface area (Å²) in [6, 6.07) is 10.3. The van der Waals surface area contributed by atoms with E-state index in [0.29, 0.717) is 11.1 Å². The first-order chi connectivity index (χ1) is 13.5. The van der Waals surface area contributed by atoms with Crippen LogP contribution in [0.25, 0.3) is 10.6 Å². The highest BCUT2D eigenvalue weighted by Gasteiger charge is 2.36. The summed E-state index contributed by atoms with van der Waals surface area (Å²) in [4.78, 5) is 47.5. The first kappa shape index (κ1) is 18.0. The first-order valence-electron chi connectivity index (χ1n) is 8.63. The van der Waals surface area contributed by atoms with Crippen molar-refractivity contribution in [1.29, 1.82) is 0 Å². The molecule has 1 N–H and O–H groups in total. The number of carbonyl (C=O) groups excluding carboxylic acids is 3. The van der Waals surface area contributed by atoms with Crippen LogP contribution in [0.15, 0.2) is 48.8 Å². The van der Waals surface area contributed by atoms with E-state index in [0.717, 1.165) is 26.0 Å². The van der Waals surface area contributed by atoms with Gasteiger partial charge in [-0.1, -0.05) is 12.1 Å². The van der Waals surface area contributed by atoms with Crippen molar-refractivity contribution in [1.82, 2.24) is 20.2 Å². The van der Waals surface area contributed by atoms with Gasteiger partial charge >= 0.3 is 0 Å². The maximum atomic E-state index is 12.3. The molecule has 8 heteroatoms. The number of nitrogens with one attached hydrogen (secondary N) is 1. The summed E-state index contributed by atoms with van der Waals surface area (Å²) in [5.41, 5.74) is 2.41. The Kier molecular flexibility index (Phi) is 4.70. The molecule has 0 unspecified atom stereocenters. The number of hydrogen-bond donors (Lipinski definition) is 1. The molecule has 7 nitrogen and oxygen atoms in total. The molecule has 3 amide bonds. The largest absolute Gasteiger partial charge is 0.350 e. The van der Waals surface area contributed by atoms with Crippen molar-refractivity contribution in [3.05, 3.63) is 70.5 Å². The molecule has 0 aliphatic carbocycles. The predicted molar refractivity (Wildman–Crippen MR) is 104 cm³/mol. The lowest BCUT2D eigenvalue weighted by Crippen LogP contribution is -2.40. The Labute approximate surface area is 165 Å². The van der Waals surface area contributed by atoms with E-state index in [2.05, 4.69) is 15.3 Å². The fourth-order valence-electron chi connectivity index (χ4n) is 2.97. The van der Waals surface area contributed by atoms with Gasteiger partial charge in [0.15, 0.2) is 0 Å². The van der Waals surface area contributed by atoms with Gasteiger partial charge in [-0.15, -0.1) is 11.3 Å². The Balaban J connectivity index is 1.40. The van der Waals surface area contributed by atoms with Gasteiger partial charge in [-0.3, -0.25) is 24.3 Å². The maximum absolute atomic E-state index is 12.3. The molecule has 3 heterocycles. The predicted octanol–water partition coefficient (Wildman–Crippen LogP) is 2.43. The zero-order chi connectivity index (χ0) is 19.7. The van der Waals surface area contributed by atoms with E-state index in [1.807, 2.05) is 19.1 Å². The van der Waals surface area contributed by atoms with Crippen molar-refractivity contribution < 1.29 is 14.4 Å². The van der Waals surface area contributed by atoms with E-state index in [1.165, 1.54) is 11.3 Å². The molecule has 140 valence electrons. The Morgan fingerprint density at radius 1 is 1.11 bits per heavy atom. The molecule has 28 heavy (non-hydrogen) atoms. The molecule has 0 saturated heterocycles. The fourth-order valence-corrected chi connectivity index (χ4v) is 3.96. The number of benzene rings is 1. The number of amides is 3. The van der Waals surface area contributed by atoms with Crippen LogP contribution in [0, 0.1) is 6.92 Å². The van der Waals surface area contributed by atoms with Crippen LogP contribution < -0.4 is 5.32 Å². The van der Waals surface area contributed by atoms with E-state index in [9.17, 15) is 14.4 Å². The van der Waals surface area contributed by atoms with Crippen LogP contribution >= 0.6 is 11.3 Å². The average Bonchev–Trinajstić information content (AvgIpc) is 3.20. The lowest BCUT2D eigenvalue weighted by Gasteiger charge is -2.13. The van der Waals surface area contributed by atoms with Crippen molar-refractivity contribution >= 4 is 29.1 Å². The molecule has 3 aromatic rings. The molecule has 1 aliphatic heterocycles. The number of aromatic nitrogens is 2. The zero-order valence-corrected chi connectivity index (χ0v) is 15.8. The third-order valence-electron chi connectivity index (χ3n) is 4.43. The third-order valence-corrected chi connectivity index (χ3v) is 5.63. The Bertz CT molecular complexity index is 1040. The van der Waals surface area contributed by atoms with Crippen molar-refractivity contribution in [3.8, 4) is 10.6 Å². The van der Waals surface area contributed by atoms with Crippen LogP contribution in [0.3, 0.4) is 0 Å². The highest BCUT2D eigenvalue weighted by Crippen LogP contribution is 2.27. The lowest BCUT2D eigenvalue weighted by molar-refractivity contribution is -0.121. The van der Waals surface area contributed by atoms with E-state index in [1.54, 1.807) is 36.7 Å². The molecule has 1 aliphatic rings. The summed E-state index contributed by atoms with van der Waals surface area (Å²) in [6.45, 7) is 1.85. The molecule has 0 spiro atoms. The number of pyridine rings is 1. The summed E-state index contributed by atoms with van der Waals surface area (Å²) < 4.78 is 0. The van der Waals surface area contributed by atoms with Gasteiger partial charge in [0.1, 0.15) is 11.6 Å². The normalized spacial score (nSPS) is 13.0. The van der Waals surface area contributed by atoms with Gasteiger partial charge in [-0.2, -0.15) is 0 Å². The third kappa shape index (κ3) is 3.29. The van der Waals surface area contributed by atoms with Crippen LogP contribution in [0.1, 0.15) is 31.3 Å². The van der Waals surface area contributed by atoms with Crippen molar-refractivity contribution in [2.24, 2.45) is 0 Å². The Morgan fingerprint density at radius 2 is 1.82 bits per heavy atom. The van der Waals surface area contributed by atoms with Crippen LogP contribution in [-0.2, 0) is 11.3 Å². The average molecular weight is 392 g/mol. The maximum Gasteiger partial charge on any atom is 0.262 e. The molecule has 0 bridgehead atoms. The summed E-state index contributed by atoms with van der Waals surface area (Å²) in [6.07, 6.45) is 3.44. The second kappa shape index (κ2) is 7.32. The molecule has 0 saturated carbocycles. The molecule has 4 rings (SSSR count). The number of hydrogen-bond acceptors (Lipinski definition) is 6. The second-order valence-electron chi connectivity index (χ2n) is 6.29. The zero-order valence-electron chi connectivity index (χ0n) is 15.0. The SMILES string of the molecule is Cc1nc(-c2cccnc2)sc1CNC(=O)CN1C(=O)c2ccccc2C1=O. The number of nitrogens with zero attached hydrogens (tertiary/aromatic N) is 3. The van der Waals surface area contributed by atoms with Gasteiger partial charge in [-0.25, -0.2) is 4.98 Å². The molecular weight excluding hydrogens is 376 g/mol. The van der Waals surface area contributed by atoms with Crippen molar-refractivity contribution in [3.63, 3.8) is 0 Å². The number of imide groups is 1. The van der Waals surface area contributed by atoms with Gasteiger partial charge in [0, 0.05) is 22.8 Å². The van der Waals surface area contributed by atoms with Gasteiger partial charge in [0.2, 0.25) is 5.91 Å². The Morgan fingerprint density at radius 3 is 2.46 bits per heavy atom. The van der Waals surface area contributed by atoms with Crippen LogP contribution in [0.5, 0.6) is 0 Å². The minimum atomic E-state index is -0.441. The number of rotatable bonds is 5. The monoisotopic (exact) mass is 392 g/mol. The van der Waals surface area contributed by atoms with Crippen molar-refractivity contribution in [2.75, 3.05) is 6.54 Å². The number of carbonyl (C=O) groups is 3. The minimum Gasteiger partial charge on any atom is -0.350 e. The van der Waals surface area contributed by atoms with Gasteiger partial charge < -0.3 is 5.32 Å².